The summed E-state index contributed by atoms with van der Waals surface area (Å²) >= 11 is 0. The van der Waals surface area contributed by atoms with Gasteiger partial charge in [-0.15, -0.1) is 0 Å². The molecule has 0 spiro atoms. The van der Waals surface area contributed by atoms with Gasteiger partial charge in [0.25, 0.3) is 5.56 Å². The molecule has 7 nitrogen and oxygen atoms in total. The maximum Gasteiger partial charge on any atom is 0.276 e. The molecule has 1 fully saturated rings. The van der Waals surface area contributed by atoms with Gasteiger partial charge >= 0.3 is 0 Å². The van der Waals surface area contributed by atoms with E-state index in [1.807, 2.05) is 28.8 Å². The number of nitrogens with zero attached hydrogens (tertiary/aromatic N) is 4. The van der Waals surface area contributed by atoms with Gasteiger partial charge in [-0.25, -0.2) is 4.98 Å². The number of carbonyl (C=O) groups is 1. The molecule has 1 atom stereocenters. The number of rotatable bonds is 6. The first-order valence-corrected chi connectivity index (χ1v) is 10.1. The van der Waals surface area contributed by atoms with Crippen molar-refractivity contribution < 1.29 is 4.79 Å². The quantitative estimate of drug-likeness (QED) is 0.663. The van der Waals surface area contributed by atoms with Crippen molar-refractivity contribution in [2.45, 2.75) is 45.2 Å². The van der Waals surface area contributed by atoms with Gasteiger partial charge in [0.1, 0.15) is 12.1 Å². The molecule has 1 amide bonds. The molecule has 0 unspecified atom stereocenters. The molecule has 0 aromatic carbocycles. The lowest BCUT2D eigenvalue weighted by Gasteiger charge is -2.33. The standard InChI is InChI=1S/C21H27N5O2/c1-16-7-2-3-12-24(16)13-6-11-22-19(27)15-26-20-17(8-4-10-23-20)25-14-5-9-18(25)21(26)28/h4-5,8-10,14,16H,2-3,6-7,11-13,15H2,1H3,(H,22,27)/t16-/m1/s1. The van der Waals surface area contributed by atoms with Crippen LogP contribution >= 0.6 is 0 Å². The van der Waals surface area contributed by atoms with Gasteiger partial charge in [-0.2, -0.15) is 0 Å². The number of likely N-dealkylation sites (tertiary alicyclic amines) is 1. The van der Waals surface area contributed by atoms with Crippen molar-refractivity contribution in [2.24, 2.45) is 0 Å². The first-order valence-electron chi connectivity index (χ1n) is 10.1. The minimum atomic E-state index is -0.200. The van der Waals surface area contributed by atoms with Gasteiger partial charge in [0.05, 0.1) is 5.52 Å². The lowest BCUT2D eigenvalue weighted by atomic mass is 10.0. The molecule has 4 rings (SSSR count). The summed E-state index contributed by atoms with van der Waals surface area (Å²) in [5.41, 5.74) is 1.68. The fourth-order valence-corrected chi connectivity index (χ4v) is 4.13. The van der Waals surface area contributed by atoms with Gasteiger partial charge in [-0.05, 0) is 57.0 Å². The van der Waals surface area contributed by atoms with Crippen LogP contribution in [0.4, 0.5) is 0 Å². The maximum atomic E-state index is 12.8. The van der Waals surface area contributed by atoms with Crippen molar-refractivity contribution in [1.29, 1.82) is 0 Å². The number of nitrogens with one attached hydrogen (secondary N) is 1. The molecular formula is C21H27N5O2. The van der Waals surface area contributed by atoms with Crippen molar-refractivity contribution >= 4 is 22.6 Å². The molecule has 7 heteroatoms. The number of carbonyl (C=O) groups excluding carboxylic acids is 1. The van der Waals surface area contributed by atoms with Crippen molar-refractivity contribution in [3.05, 3.63) is 47.0 Å². The third-order valence-corrected chi connectivity index (χ3v) is 5.68. The monoisotopic (exact) mass is 381 g/mol. The number of pyridine rings is 1. The Morgan fingerprint density at radius 2 is 2.11 bits per heavy atom. The van der Waals surface area contributed by atoms with Crippen LogP contribution < -0.4 is 10.9 Å². The van der Waals surface area contributed by atoms with E-state index in [1.54, 1.807) is 12.3 Å². The Kier molecular flexibility index (Phi) is 5.43. The molecular weight excluding hydrogens is 354 g/mol. The largest absolute Gasteiger partial charge is 0.354 e. The van der Waals surface area contributed by atoms with Gasteiger partial charge in [0.15, 0.2) is 5.65 Å². The molecule has 0 bridgehead atoms. The van der Waals surface area contributed by atoms with E-state index in [4.69, 9.17) is 0 Å². The summed E-state index contributed by atoms with van der Waals surface area (Å²) in [7, 11) is 0. The van der Waals surface area contributed by atoms with Gasteiger partial charge in [0.2, 0.25) is 5.91 Å². The van der Waals surface area contributed by atoms with E-state index in [-0.39, 0.29) is 18.0 Å². The highest BCUT2D eigenvalue weighted by molar-refractivity contribution is 5.80. The summed E-state index contributed by atoms with van der Waals surface area (Å²) in [6.45, 7) is 5.03. The van der Waals surface area contributed by atoms with Crippen molar-refractivity contribution in [3.63, 3.8) is 0 Å². The third kappa shape index (κ3) is 3.67. The van der Waals surface area contributed by atoms with Crippen LogP contribution in [-0.4, -0.2) is 50.4 Å². The van der Waals surface area contributed by atoms with Gasteiger partial charge in [0, 0.05) is 31.5 Å². The molecule has 3 aromatic rings. The summed E-state index contributed by atoms with van der Waals surface area (Å²) in [4.78, 5) is 32.2. The Morgan fingerprint density at radius 3 is 2.96 bits per heavy atom. The average Bonchev–Trinajstić information content (AvgIpc) is 3.20. The van der Waals surface area contributed by atoms with Crippen LogP contribution in [0.5, 0.6) is 0 Å². The molecule has 1 aliphatic heterocycles. The first-order chi connectivity index (χ1) is 13.6. The van der Waals surface area contributed by atoms with E-state index < -0.39 is 0 Å². The number of fused-ring (bicyclic) bond motifs is 3. The number of piperidine rings is 1. The minimum absolute atomic E-state index is 0.0197. The molecule has 1 saturated heterocycles. The van der Waals surface area contributed by atoms with Gasteiger partial charge in [-0.3, -0.25) is 14.2 Å². The number of hydrogen-bond donors (Lipinski definition) is 1. The van der Waals surface area contributed by atoms with Crippen LogP contribution in [-0.2, 0) is 11.3 Å². The highest BCUT2D eigenvalue weighted by Gasteiger charge is 2.17. The van der Waals surface area contributed by atoms with Crippen LogP contribution in [0, 0.1) is 0 Å². The van der Waals surface area contributed by atoms with E-state index in [9.17, 15) is 9.59 Å². The predicted molar refractivity (Wildman–Crippen MR) is 109 cm³/mol. The van der Waals surface area contributed by atoms with Crippen LogP contribution in [0.2, 0.25) is 0 Å². The zero-order chi connectivity index (χ0) is 19.5. The summed E-state index contributed by atoms with van der Waals surface area (Å²) in [5, 5.41) is 2.96. The fourth-order valence-electron chi connectivity index (χ4n) is 4.13. The topological polar surface area (TPSA) is 71.6 Å². The molecule has 0 saturated carbocycles. The number of hydrogen-bond acceptors (Lipinski definition) is 4. The molecule has 4 heterocycles. The molecule has 1 aliphatic rings. The van der Waals surface area contributed by atoms with E-state index in [2.05, 4.69) is 22.1 Å². The first kappa shape index (κ1) is 18.7. The molecule has 3 aromatic heterocycles. The zero-order valence-corrected chi connectivity index (χ0v) is 16.3. The highest BCUT2D eigenvalue weighted by atomic mass is 16.2. The second kappa shape index (κ2) is 8.14. The Bertz CT molecular complexity index is 1040. The Balaban J connectivity index is 1.42. The van der Waals surface area contributed by atoms with Crippen LogP contribution in [0.25, 0.3) is 16.7 Å². The van der Waals surface area contributed by atoms with Crippen LogP contribution in [0.3, 0.4) is 0 Å². The van der Waals surface area contributed by atoms with E-state index in [0.717, 1.165) is 25.0 Å². The van der Waals surface area contributed by atoms with E-state index in [1.165, 1.54) is 23.8 Å². The average molecular weight is 381 g/mol. The third-order valence-electron chi connectivity index (χ3n) is 5.68. The minimum Gasteiger partial charge on any atom is -0.354 e. The Morgan fingerprint density at radius 1 is 1.25 bits per heavy atom. The second-order valence-corrected chi connectivity index (χ2v) is 7.59. The van der Waals surface area contributed by atoms with Crippen LogP contribution in [0.1, 0.15) is 32.6 Å². The van der Waals surface area contributed by atoms with E-state index >= 15 is 0 Å². The summed E-state index contributed by atoms with van der Waals surface area (Å²) in [6, 6.07) is 7.97. The Labute approximate surface area is 164 Å². The fraction of sp³-hybridized carbons (Fsp3) is 0.476. The number of aromatic nitrogens is 3. The maximum absolute atomic E-state index is 12.8. The lowest BCUT2D eigenvalue weighted by molar-refractivity contribution is -0.121. The van der Waals surface area contributed by atoms with Gasteiger partial charge in [-0.1, -0.05) is 6.42 Å². The summed E-state index contributed by atoms with van der Waals surface area (Å²) in [6.07, 6.45) is 8.25. The second-order valence-electron chi connectivity index (χ2n) is 7.59. The Hall–Kier alpha value is -2.67. The molecule has 0 radical (unpaired) electrons. The van der Waals surface area contributed by atoms with Crippen LogP contribution in [0.15, 0.2) is 41.5 Å². The summed E-state index contributed by atoms with van der Waals surface area (Å²) < 4.78 is 3.28. The SMILES string of the molecule is C[C@@H]1CCCCN1CCCNC(=O)Cn1c(=O)c2cccn2c2cccnc21. The predicted octanol–water partition coefficient (Wildman–Crippen LogP) is 2.03. The molecule has 0 aliphatic carbocycles. The van der Waals surface area contributed by atoms with Crippen molar-refractivity contribution in [3.8, 4) is 0 Å². The molecule has 28 heavy (non-hydrogen) atoms. The zero-order valence-electron chi connectivity index (χ0n) is 16.3. The highest BCUT2D eigenvalue weighted by Crippen LogP contribution is 2.16. The normalized spacial score (nSPS) is 18.0. The number of amides is 1. The summed E-state index contributed by atoms with van der Waals surface area (Å²) in [5.74, 6) is -0.156. The molecule has 148 valence electrons. The van der Waals surface area contributed by atoms with Gasteiger partial charge < -0.3 is 14.6 Å². The lowest BCUT2D eigenvalue weighted by Crippen LogP contribution is -2.39. The van der Waals surface area contributed by atoms with E-state index in [0.29, 0.717) is 23.8 Å². The van der Waals surface area contributed by atoms with Crippen molar-refractivity contribution in [1.82, 2.24) is 24.2 Å². The smallest absolute Gasteiger partial charge is 0.276 e. The molecule has 1 N–H and O–H groups in total. The van der Waals surface area contributed by atoms with Crippen molar-refractivity contribution in [2.75, 3.05) is 19.6 Å².